The van der Waals surface area contributed by atoms with Crippen LogP contribution in [0.3, 0.4) is 0 Å². The number of aromatic nitrogens is 3. The molecule has 0 aliphatic heterocycles. The molecule has 3 aromatic rings. The molecule has 0 spiro atoms. The average Bonchev–Trinajstić information content (AvgIpc) is 3.14. The van der Waals surface area contributed by atoms with Crippen LogP contribution < -0.4 is 14.4 Å². The van der Waals surface area contributed by atoms with Crippen LogP contribution in [-0.2, 0) is 11.8 Å². The number of nitrogens with zero attached hydrogens (tertiary/aromatic N) is 4. The van der Waals surface area contributed by atoms with E-state index >= 15 is 0 Å². The first-order chi connectivity index (χ1) is 14.5. The van der Waals surface area contributed by atoms with Gasteiger partial charge in [-0.1, -0.05) is 30.0 Å². The van der Waals surface area contributed by atoms with Crippen LogP contribution >= 0.6 is 11.8 Å². The van der Waals surface area contributed by atoms with Crippen LogP contribution in [0.25, 0.3) is 0 Å². The fourth-order valence-corrected chi connectivity index (χ4v) is 3.83. The quantitative estimate of drug-likeness (QED) is 0.480. The van der Waals surface area contributed by atoms with Gasteiger partial charge in [0.2, 0.25) is 5.91 Å². The van der Waals surface area contributed by atoms with Crippen molar-refractivity contribution in [2.24, 2.45) is 7.05 Å². The third kappa shape index (κ3) is 5.13. The van der Waals surface area contributed by atoms with E-state index in [0.29, 0.717) is 17.5 Å². The fourth-order valence-electron chi connectivity index (χ4n) is 3.03. The molecule has 0 fully saturated rings. The Labute approximate surface area is 181 Å². The fraction of sp³-hybridized carbons (Fsp3) is 0.318. The molecule has 7 nitrogen and oxygen atoms in total. The minimum atomic E-state index is -0.294. The van der Waals surface area contributed by atoms with Gasteiger partial charge in [-0.05, 0) is 50.2 Å². The lowest BCUT2D eigenvalue weighted by Crippen LogP contribution is -2.32. The lowest BCUT2D eigenvalue weighted by molar-refractivity contribution is -0.116. The first-order valence-corrected chi connectivity index (χ1v) is 10.7. The molecule has 0 aliphatic carbocycles. The summed E-state index contributed by atoms with van der Waals surface area (Å²) < 4.78 is 13.0. The van der Waals surface area contributed by atoms with Crippen molar-refractivity contribution < 1.29 is 14.3 Å². The molecule has 3 rings (SSSR count). The van der Waals surface area contributed by atoms with Gasteiger partial charge >= 0.3 is 0 Å². The molecular formula is C22H26N4O3S. The summed E-state index contributed by atoms with van der Waals surface area (Å²) in [6.45, 7) is 4.50. The van der Waals surface area contributed by atoms with Gasteiger partial charge in [0.05, 0.1) is 12.9 Å². The number of hydrogen-bond donors (Lipinski definition) is 0. The van der Waals surface area contributed by atoms with E-state index in [1.165, 1.54) is 11.8 Å². The van der Waals surface area contributed by atoms with E-state index in [2.05, 4.69) is 10.2 Å². The van der Waals surface area contributed by atoms with Crippen LogP contribution in [0.15, 0.2) is 59.8 Å². The topological polar surface area (TPSA) is 69.5 Å². The van der Waals surface area contributed by atoms with Crippen LogP contribution in [-0.4, -0.2) is 40.1 Å². The maximum atomic E-state index is 12.7. The summed E-state index contributed by atoms with van der Waals surface area (Å²) in [5.74, 6) is 2.49. The summed E-state index contributed by atoms with van der Waals surface area (Å²) in [6.07, 6.45) is -0.294. The number of ether oxygens (including phenoxy) is 2. The van der Waals surface area contributed by atoms with E-state index in [0.717, 1.165) is 17.2 Å². The second-order valence-corrected chi connectivity index (χ2v) is 7.54. The standard InChI is InChI=1S/C22H26N4O3S/c1-5-26(17-9-7-6-8-10-17)20(27)15-30-22-24-23-21(25(22)3)16(2)29-19-13-11-18(28-4)12-14-19/h6-14,16H,5,15H2,1-4H3. The highest BCUT2D eigenvalue weighted by atomic mass is 32.2. The Balaban J connectivity index is 1.62. The highest BCUT2D eigenvalue weighted by molar-refractivity contribution is 7.99. The molecule has 8 heteroatoms. The maximum absolute atomic E-state index is 12.7. The van der Waals surface area contributed by atoms with Crippen molar-refractivity contribution >= 4 is 23.4 Å². The molecule has 30 heavy (non-hydrogen) atoms. The monoisotopic (exact) mass is 426 g/mol. The number of hydrogen-bond acceptors (Lipinski definition) is 6. The van der Waals surface area contributed by atoms with Crippen molar-refractivity contribution in [3.63, 3.8) is 0 Å². The zero-order valence-electron chi connectivity index (χ0n) is 17.6. The largest absolute Gasteiger partial charge is 0.497 e. The first-order valence-electron chi connectivity index (χ1n) is 9.71. The summed E-state index contributed by atoms with van der Waals surface area (Å²) in [5.41, 5.74) is 0.894. The zero-order valence-corrected chi connectivity index (χ0v) is 18.4. The Hall–Kier alpha value is -3.00. The predicted octanol–water partition coefficient (Wildman–Crippen LogP) is 4.11. The minimum Gasteiger partial charge on any atom is -0.497 e. The Morgan fingerprint density at radius 2 is 1.77 bits per heavy atom. The molecular weight excluding hydrogens is 400 g/mol. The highest BCUT2D eigenvalue weighted by Crippen LogP contribution is 2.25. The molecule has 1 heterocycles. The van der Waals surface area contributed by atoms with E-state index in [9.17, 15) is 4.79 Å². The van der Waals surface area contributed by atoms with Crippen LogP contribution in [0.5, 0.6) is 11.5 Å². The van der Waals surface area contributed by atoms with Crippen LogP contribution in [0.1, 0.15) is 25.8 Å². The number of thioether (sulfide) groups is 1. The smallest absolute Gasteiger partial charge is 0.237 e. The van der Waals surface area contributed by atoms with Gasteiger partial charge in [0.15, 0.2) is 17.1 Å². The zero-order chi connectivity index (χ0) is 21.5. The molecule has 0 bridgehead atoms. The van der Waals surface area contributed by atoms with Crippen LogP contribution in [0.4, 0.5) is 5.69 Å². The molecule has 0 saturated heterocycles. The predicted molar refractivity (Wildman–Crippen MR) is 118 cm³/mol. The third-order valence-electron chi connectivity index (χ3n) is 4.61. The maximum Gasteiger partial charge on any atom is 0.237 e. The summed E-state index contributed by atoms with van der Waals surface area (Å²) in [4.78, 5) is 14.5. The van der Waals surface area contributed by atoms with Gasteiger partial charge < -0.3 is 18.9 Å². The van der Waals surface area contributed by atoms with E-state index in [4.69, 9.17) is 9.47 Å². The van der Waals surface area contributed by atoms with E-state index in [-0.39, 0.29) is 17.8 Å². The lowest BCUT2D eigenvalue weighted by Gasteiger charge is -2.20. The van der Waals surface area contributed by atoms with Crippen LogP contribution in [0.2, 0.25) is 0 Å². The first kappa shape index (κ1) is 21.7. The summed E-state index contributed by atoms with van der Waals surface area (Å²) >= 11 is 1.37. The molecule has 1 aromatic heterocycles. The van der Waals surface area contributed by atoms with Gasteiger partial charge in [0.1, 0.15) is 11.5 Å². The Morgan fingerprint density at radius 3 is 2.40 bits per heavy atom. The molecule has 2 aromatic carbocycles. The SMILES string of the molecule is CCN(C(=O)CSc1nnc(C(C)Oc2ccc(OC)cc2)n1C)c1ccccc1. The molecule has 1 amide bonds. The van der Waals surface area contributed by atoms with Crippen molar-refractivity contribution in [3.05, 3.63) is 60.4 Å². The van der Waals surface area contributed by atoms with Crippen molar-refractivity contribution in [1.29, 1.82) is 0 Å². The minimum absolute atomic E-state index is 0.0285. The van der Waals surface area contributed by atoms with Crippen molar-refractivity contribution in [3.8, 4) is 11.5 Å². The second kappa shape index (κ2) is 10.2. The molecule has 0 saturated carbocycles. The normalized spacial score (nSPS) is 11.7. The van der Waals surface area contributed by atoms with E-state index < -0.39 is 0 Å². The van der Waals surface area contributed by atoms with Gasteiger partial charge in [-0.2, -0.15) is 0 Å². The number of anilines is 1. The number of rotatable bonds is 9. The van der Waals surface area contributed by atoms with Gasteiger partial charge in [-0.3, -0.25) is 4.79 Å². The Morgan fingerprint density at radius 1 is 1.10 bits per heavy atom. The van der Waals surface area contributed by atoms with Gasteiger partial charge in [-0.15, -0.1) is 10.2 Å². The van der Waals surface area contributed by atoms with Crippen molar-refractivity contribution in [1.82, 2.24) is 14.8 Å². The van der Waals surface area contributed by atoms with Crippen LogP contribution in [0, 0.1) is 0 Å². The molecule has 0 aliphatic rings. The molecule has 1 unspecified atom stereocenters. The van der Waals surface area contributed by atoms with Gasteiger partial charge in [0.25, 0.3) is 0 Å². The summed E-state index contributed by atoms with van der Waals surface area (Å²) in [5, 5.41) is 9.18. The highest BCUT2D eigenvalue weighted by Gasteiger charge is 2.20. The molecule has 0 N–H and O–H groups in total. The van der Waals surface area contributed by atoms with Crippen molar-refractivity contribution in [2.75, 3.05) is 24.3 Å². The number of methoxy groups -OCH3 is 1. The third-order valence-corrected chi connectivity index (χ3v) is 5.62. The molecule has 1 atom stereocenters. The van der Waals surface area contributed by atoms with Crippen molar-refractivity contribution in [2.45, 2.75) is 25.1 Å². The summed E-state index contributed by atoms with van der Waals surface area (Å²) in [7, 11) is 3.51. The Bertz CT molecular complexity index is 960. The number of amides is 1. The number of benzene rings is 2. The van der Waals surface area contributed by atoms with Gasteiger partial charge in [-0.25, -0.2) is 0 Å². The summed E-state index contributed by atoms with van der Waals surface area (Å²) in [6, 6.07) is 17.1. The molecule has 0 radical (unpaired) electrons. The van der Waals surface area contributed by atoms with E-state index in [1.54, 1.807) is 12.0 Å². The number of carbonyl (C=O) groups is 1. The second-order valence-electron chi connectivity index (χ2n) is 6.60. The number of carbonyl (C=O) groups excluding carboxylic acids is 1. The Kier molecular flexibility index (Phi) is 7.35. The molecule has 158 valence electrons. The number of para-hydroxylation sites is 1. The van der Waals surface area contributed by atoms with E-state index in [1.807, 2.05) is 80.1 Å². The van der Waals surface area contributed by atoms with Gasteiger partial charge in [0, 0.05) is 19.3 Å². The average molecular weight is 427 g/mol. The lowest BCUT2D eigenvalue weighted by atomic mass is 10.3.